The molecule has 7 rings (SSSR count). The second kappa shape index (κ2) is 17.2. The van der Waals surface area contributed by atoms with Gasteiger partial charge in [0.15, 0.2) is 0 Å². The summed E-state index contributed by atoms with van der Waals surface area (Å²) in [6, 6.07) is 34.8. The summed E-state index contributed by atoms with van der Waals surface area (Å²) in [5, 5.41) is 0. The van der Waals surface area contributed by atoms with E-state index in [1.54, 1.807) is 0 Å². The van der Waals surface area contributed by atoms with Gasteiger partial charge in [0.05, 0.1) is 0 Å². The molecule has 0 fully saturated rings. The summed E-state index contributed by atoms with van der Waals surface area (Å²) in [5.41, 5.74) is 20.0. The standard InChI is InChI=1S/C31H29.C8H8.C5H5.2ClH.Ti/c1-18-11-20(3)30(21(4)12-18)24-7-9-28-26(15-24)17-27-16-25(8-10-29(27)28)31-22(5)13-19(2)14-23(31)6;1-2-8-6-4-3-5-7-8;1-2-4-5-3-1;;;/h7-15H,17H2,1-6H3;3-7H,1H3;1-3H,4H2;2*1H;/q-1;;-1;;;+2/p-2. The van der Waals surface area contributed by atoms with E-state index in [1.807, 2.05) is 18.2 Å². The Morgan fingerprint density at radius 3 is 1.72 bits per heavy atom. The van der Waals surface area contributed by atoms with Crippen molar-refractivity contribution < 1.29 is 44.8 Å². The van der Waals surface area contributed by atoms with Crippen LogP contribution >= 0.6 is 0 Å². The molecule has 0 radical (unpaired) electrons. The van der Waals surface area contributed by atoms with Gasteiger partial charge in [0.1, 0.15) is 0 Å². The molecule has 47 heavy (non-hydrogen) atoms. The average molecular weight is 690 g/mol. The molecule has 5 aromatic rings. The molecule has 238 valence electrons. The molecule has 0 spiro atoms. The molecule has 0 heterocycles. The van der Waals surface area contributed by atoms with Gasteiger partial charge in [0.2, 0.25) is 0 Å². The number of hydrogen-bond donors (Lipinski definition) is 0. The number of fused-ring (bicyclic) bond motifs is 3. The monoisotopic (exact) mass is 688 g/mol. The second-order valence-corrected chi connectivity index (χ2v) is 13.5. The van der Waals surface area contributed by atoms with Crippen molar-refractivity contribution in [3.63, 3.8) is 0 Å². The minimum absolute atomic E-state index is 0. The van der Waals surface area contributed by atoms with E-state index in [1.165, 1.54) is 87.3 Å². The summed E-state index contributed by atoms with van der Waals surface area (Å²) in [6.45, 7) is 15.3. The van der Waals surface area contributed by atoms with E-state index in [0.29, 0.717) is 0 Å². The second-order valence-electron chi connectivity index (χ2n) is 12.4. The third kappa shape index (κ3) is 9.22. The third-order valence-electron chi connectivity index (χ3n) is 8.49. The molecule has 3 heteroatoms. The number of rotatable bonds is 3. The van der Waals surface area contributed by atoms with Crippen molar-refractivity contribution in [2.45, 2.75) is 61.3 Å². The van der Waals surface area contributed by atoms with Gasteiger partial charge in [-0.3, -0.25) is 6.08 Å². The van der Waals surface area contributed by atoms with Crippen LogP contribution < -0.4 is 24.8 Å². The Morgan fingerprint density at radius 1 is 0.660 bits per heavy atom. The van der Waals surface area contributed by atoms with Crippen LogP contribution in [-0.4, -0.2) is 3.81 Å². The Bertz CT molecular complexity index is 1770. The maximum Gasteiger partial charge on any atom is -0.0125 e. The molecule has 5 aromatic carbocycles. The zero-order valence-electron chi connectivity index (χ0n) is 28.5. The summed E-state index contributed by atoms with van der Waals surface area (Å²) >= 11 is 2.12. The van der Waals surface area contributed by atoms with Crippen LogP contribution in [0.1, 0.15) is 63.4 Å². The molecule has 0 aliphatic heterocycles. The van der Waals surface area contributed by atoms with E-state index in [0.717, 1.165) is 12.8 Å². The molecule has 0 atom stereocenters. The normalized spacial score (nSPS) is 11.6. The largest absolute Gasteiger partial charge is 1.00 e. The molecule has 0 unspecified atom stereocenters. The van der Waals surface area contributed by atoms with Crippen molar-refractivity contribution in [1.82, 2.24) is 0 Å². The predicted octanol–water partition coefficient (Wildman–Crippen LogP) is 5.33. The van der Waals surface area contributed by atoms with E-state index in [9.17, 15) is 0 Å². The van der Waals surface area contributed by atoms with E-state index >= 15 is 0 Å². The molecule has 0 N–H and O–H groups in total. The van der Waals surface area contributed by atoms with Gasteiger partial charge in [-0.1, -0.05) is 81.4 Å². The molecule has 0 bridgehead atoms. The number of benzene rings is 5. The Balaban J connectivity index is 0.000000312. The summed E-state index contributed by atoms with van der Waals surface area (Å²) < 4.78 is 1.37. The van der Waals surface area contributed by atoms with Gasteiger partial charge < -0.3 is 24.8 Å². The molecular formula is C44H42Cl2Ti-2. The van der Waals surface area contributed by atoms with Crippen molar-refractivity contribution in [3.05, 3.63) is 165 Å². The number of hydrogen-bond acceptors (Lipinski definition) is 0. The summed E-state index contributed by atoms with van der Waals surface area (Å²) in [4.78, 5) is 0. The molecular weight excluding hydrogens is 647 g/mol. The first-order valence-corrected chi connectivity index (χ1v) is 16.6. The summed E-state index contributed by atoms with van der Waals surface area (Å²) in [7, 11) is 0. The van der Waals surface area contributed by atoms with E-state index in [4.69, 9.17) is 0 Å². The molecule has 0 saturated heterocycles. The van der Waals surface area contributed by atoms with Crippen LogP contribution in [0, 0.1) is 53.7 Å². The minimum atomic E-state index is 0. The van der Waals surface area contributed by atoms with Crippen LogP contribution in [-0.2, 0) is 26.4 Å². The number of allylic oxidation sites excluding steroid dienone is 4. The Kier molecular flexibility index (Phi) is 14.0. The summed E-state index contributed by atoms with van der Waals surface area (Å²) in [5.74, 6) is 0. The fourth-order valence-corrected chi connectivity index (χ4v) is 6.95. The zero-order valence-corrected chi connectivity index (χ0v) is 31.6. The first kappa shape index (κ1) is 38.2. The third-order valence-corrected chi connectivity index (χ3v) is 8.95. The van der Waals surface area contributed by atoms with Gasteiger partial charge in [0.25, 0.3) is 0 Å². The molecule has 0 saturated carbocycles. The van der Waals surface area contributed by atoms with Crippen LogP contribution in [0.25, 0.3) is 33.4 Å². The first-order chi connectivity index (χ1) is 21.6. The van der Waals surface area contributed by atoms with Crippen molar-refractivity contribution in [2.24, 2.45) is 0 Å². The van der Waals surface area contributed by atoms with Gasteiger partial charge in [-0.15, -0.1) is 35.7 Å². The van der Waals surface area contributed by atoms with Crippen LogP contribution in [0.3, 0.4) is 0 Å². The zero-order chi connectivity index (χ0) is 32.1. The minimum Gasteiger partial charge on any atom is -1.00 e. The number of halogens is 2. The van der Waals surface area contributed by atoms with Crippen molar-refractivity contribution >= 4 is 3.81 Å². The summed E-state index contributed by atoms with van der Waals surface area (Å²) in [6.07, 6.45) is 11.0. The van der Waals surface area contributed by atoms with Gasteiger partial charge in [-0.2, -0.15) is 6.08 Å². The smallest absolute Gasteiger partial charge is 0.0125 e. The molecule has 2 aliphatic rings. The Hall–Kier alpha value is -3.26. The van der Waals surface area contributed by atoms with Crippen LogP contribution in [0.15, 0.2) is 103 Å². The van der Waals surface area contributed by atoms with Crippen LogP contribution in [0.5, 0.6) is 0 Å². The Labute approximate surface area is 306 Å². The maximum absolute atomic E-state index is 3.78. The SMILES string of the molecule is C[C](=[Ti+2])c1ccccc1.Cc1cc(C)c(-c2[c-]c3c(cc2)-c2ccc(-c4c(C)cc(C)cc4C)cc2C3)c(C)c1.[C-]1=CC=CC1.[Cl-].[Cl-]. The van der Waals surface area contributed by atoms with Crippen molar-refractivity contribution in [2.75, 3.05) is 0 Å². The van der Waals surface area contributed by atoms with Crippen LogP contribution in [0.4, 0.5) is 0 Å². The maximum atomic E-state index is 3.78. The fourth-order valence-electron chi connectivity index (χ4n) is 6.69. The van der Waals surface area contributed by atoms with Crippen molar-refractivity contribution in [1.29, 1.82) is 0 Å². The topological polar surface area (TPSA) is 0 Å². The van der Waals surface area contributed by atoms with Gasteiger partial charge in [0, 0.05) is 0 Å². The van der Waals surface area contributed by atoms with E-state index in [2.05, 4.69) is 166 Å². The quantitative estimate of drug-likeness (QED) is 0.174. The Morgan fingerprint density at radius 2 is 1.23 bits per heavy atom. The molecule has 0 nitrogen and oxygen atoms in total. The molecule has 0 amide bonds. The van der Waals surface area contributed by atoms with Crippen molar-refractivity contribution in [3.8, 4) is 33.4 Å². The van der Waals surface area contributed by atoms with E-state index < -0.39 is 0 Å². The fraction of sp³-hybridized carbons (Fsp3) is 0.205. The first-order valence-electron chi connectivity index (χ1n) is 15.8. The predicted molar refractivity (Wildman–Crippen MR) is 191 cm³/mol. The van der Waals surface area contributed by atoms with Gasteiger partial charge in [-0.25, -0.2) is 12.2 Å². The molecule has 2 aliphatic carbocycles. The number of aryl methyl sites for hydroxylation is 6. The molecule has 0 aromatic heterocycles. The van der Waals surface area contributed by atoms with E-state index in [-0.39, 0.29) is 24.8 Å². The van der Waals surface area contributed by atoms with Crippen LogP contribution in [0.2, 0.25) is 0 Å². The average Bonchev–Trinajstić information content (AvgIpc) is 3.69. The van der Waals surface area contributed by atoms with Gasteiger partial charge in [-0.05, 0) is 75.8 Å². The van der Waals surface area contributed by atoms with Gasteiger partial charge >= 0.3 is 66.6 Å².